The van der Waals surface area contributed by atoms with Crippen molar-refractivity contribution in [3.8, 4) is 11.1 Å². The Hall–Kier alpha value is -3.91. The van der Waals surface area contributed by atoms with E-state index in [4.69, 9.17) is 9.84 Å². The summed E-state index contributed by atoms with van der Waals surface area (Å²) in [7, 11) is 0. The molecule has 8 heteroatoms. The van der Waals surface area contributed by atoms with E-state index in [0.29, 0.717) is 28.3 Å². The van der Waals surface area contributed by atoms with Crippen molar-refractivity contribution in [3.63, 3.8) is 0 Å². The molecule has 1 heterocycles. The number of carbonyl (C=O) groups is 2. The number of benzene rings is 3. The maximum Gasteiger partial charge on any atom is 0.412 e. The molecule has 7 nitrogen and oxygen atoms in total. The van der Waals surface area contributed by atoms with Gasteiger partial charge in [0.1, 0.15) is 18.2 Å². The van der Waals surface area contributed by atoms with Crippen LogP contribution in [-0.4, -0.2) is 39.5 Å². The third-order valence-electron chi connectivity index (χ3n) is 5.67. The van der Waals surface area contributed by atoms with Gasteiger partial charge in [-0.2, -0.15) is 0 Å². The Kier molecular flexibility index (Phi) is 6.14. The SMILES string of the molecule is O=C(O)CSCc1nc(NC(=O)OCC2c3ccccc3-c3ccccc32)c2ccccc2n1. The van der Waals surface area contributed by atoms with Crippen molar-refractivity contribution in [2.45, 2.75) is 11.7 Å². The van der Waals surface area contributed by atoms with E-state index < -0.39 is 12.1 Å². The van der Waals surface area contributed by atoms with Gasteiger partial charge in [-0.05, 0) is 34.4 Å². The fourth-order valence-electron chi connectivity index (χ4n) is 4.25. The molecule has 0 bridgehead atoms. The minimum Gasteiger partial charge on any atom is -0.481 e. The van der Waals surface area contributed by atoms with Crippen molar-refractivity contribution in [1.82, 2.24) is 9.97 Å². The number of carboxylic acid groups (broad SMARTS) is 1. The average molecular weight is 472 g/mol. The van der Waals surface area contributed by atoms with Gasteiger partial charge in [-0.15, -0.1) is 11.8 Å². The number of para-hydroxylation sites is 1. The summed E-state index contributed by atoms with van der Waals surface area (Å²) in [6.07, 6.45) is -0.602. The molecule has 1 amide bonds. The van der Waals surface area contributed by atoms with E-state index in [1.807, 2.05) is 48.5 Å². The molecule has 0 saturated heterocycles. The summed E-state index contributed by atoms with van der Waals surface area (Å²) in [6.45, 7) is 0.199. The molecule has 170 valence electrons. The van der Waals surface area contributed by atoms with Crippen LogP contribution in [0.2, 0.25) is 0 Å². The minimum absolute atomic E-state index is 0.0386. The van der Waals surface area contributed by atoms with Crippen molar-refractivity contribution in [2.75, 3.05) is 17.7 Å². The number of hydrogen-bond acceptors (Lipinski definition) is 6. The Balaban J connectivity index is 1.33. The van der Waals surface area contributed by atoms with E-state index in [9.17, 15) is 9.59 Å². The largest absolute Gasteiger partial charge is 0.481 e. The molecule has 0 fully saturated rings. The summed E-state index contributed by atoms with van der Waals surface area (Å²) in [4.78, 5) is 32.5. The summed E-state index contributed by atoms with van der Waals surface area (Å²) < 4.78 is 5.65. The Morgan fingerprint density at radius 3 is 2.26 bits per heavy atom. The van der Waals surface area contributed by atoms with E-state index in [2.05, 4.69) is 39.6 Å². The highest BCUT2D eigenvalue weighted by atomic mass is 32.2. The molecule has 3 aromatic carbocycles. The molecule has 0 unspecified atom stereocenters. The van der Waals surface area contributed by atoms with Crippen LogP contribution < -0.4 is 5.32 Å². The summed E-state index contributed by atoms with van der Waals surface area (Å²) in [5.74, 6) is 0.112. The zero-order valence-electron chi connectivity index (χ0n) is 18.1. The van der Waals surface area contributed by atoms with Gasteiger partial charge in [0.2, 0.25) is 0 Å². The molecule has 0 atom stereocenters. The molecule has 0 saturated carbocycles. The number of hydrogen-bond donors (Lipinski definition) is 2. The quantitative estimate of drug-likeness (QED) is 0.377. The Labute approximate surface area is 200 Å². The summed E-state index contributed by atoms with van der Waals surface area (Å²) in [5.41, 5.74) is 5.27. The number of rotatable bonds is 7. The molecular formula is C26H21N3O4S. The first-order valence-electron chi connectivity index (χ1n) is 10.8. The summed E-state index contributed by atoms with van der Waals surface area (Å²) in [5, 5.41) is 12.3. The molecule has 4 aromatic rings. The number of thioether (sulfide) groups is 1. The smallest absolute Gasteiger partial charge is 0.412 e. The lowest BCUT2D eigenvalue weighted by Crippen LogP contribution is -2.19. The zero-order valence-corrected chi connectivity index (χ0v) is 18.9. The number of ether oxygens (including phenoxy) is 1. The Bertz CT molecular complexity index is 1350. The van der Waals surface area contributed by atoms with Crippen LogP contribution >= 0.6 is 11.8 Å². The number of nitrogens with one attached hydrogen (secondary N) is 1. The van der Waals surface area contributed by atoms with Gasteiger partial charge in [0.25, 0.3) is 0 Å². The first kappa shape index (κ1) is 21.9. The summed E-state index contributed by atoms with van der Waals surface area (Å²) >= 11 is 1.20. The van der Waals surface area contributed by atoms with E-state index in [0.717, 1.165) is 22.3 Å². The molecule has 34 heavy (non-hydrogen) atoms. The third-order valence-corrected chi connectivity index (χ3v) is 6.58. The van der Waals surface area contributed by atoms with Gasteiger partial charge < -0.3 is 9.84 Å². The number of amides is 1. The highest BCUT2D eigenvalue weighted by Crippen LogP contribution is 2.44. The van der Waals surface area contributed by atoms with Crippen LogP contribution in [0.1, 0.15) is 22.9 Å². The van der Waals surface area contributed by atoms with Crippen LogP contribution in [-0.2, 0) is 15.3 Å². The summed E-state index contributed by atoms with van der Waals surface area (Å²) in [6, 6.07) is 23.7. The number of aromatic nitrogens is 2. The molecule has 1 aliphatic carbocycles. The first-order valence-corrected chi connectivity index (χ1v) is 11.9. The lowest BCUT2D eigenvalue weighted by molar-refractivity contribution is -0.133. The van der Waals surface area contributed by atoms with Crippen LogP contribution in [0.25, 0.3) is 22.0 Å². The van der Waals surface area contributed by atoms with Crippen molar-refractivity contribution < 1.29 is 19.4 Å². The predicted molar refractivity (Wildman–Crippen MR) is 132 cm³/mol. The van der Waals surface area contributed by atoms with Gasteiger partial charge in [-0.3, -0.25) is 10.1 Å². The van der Waals surface area contributed by atoms with Crippen molar-refractivity contribution in [3.05, 3.63) is 89.7 Å². The number of anilines is 1. The van der Waals surface area contributed by atoms with Crippen molar-refractivity contribution in [2.24, 2.45) is 0 Å². The van der Waals surface area contributed by atoms with Gasteiger partial charge in [-0.25, -0.2) is 14.8 Å². The second kappa shape index (κ2) is 9.52. The van der Waals surface area contributed by atoms with Crippen molar-refractivity contribution in [1.29, 1.82) is 0 Å². The van der Waals surface area contributed by atoms with Crippen LogP contribution in [0, 0.1) is 0 Å². The van der Waals surface area contributed by atoms with Crippen molar-refractivity contribution >= 4 is 40.5 Å². The number of aliphatic carboxylic acids is 1. The molecular weight excluding hydrogens is 450 g/mol. The fourth-order valence-corrected chi connectivity index (χ4v) is 4.83. The van der Waals surface area contributed by atoms with Gasteiger partial charge in [0.05, 0.1) is 17.0 Å². The van der Waals surface area contributed by atoms with Crippen LogP contribution in [0.15, 0.2) is 72.8 Å². The highest BCUT2D eigenvalue weighted by Gasteiger charge is 2.29. The van der Waals surface area contributed by atoms with Gasteiger partial charge in [0, 0.05) is 11.3 Å². The number of nitrogens with zero attached hydrogens (tertiary/aromatic N) is 2. The van der Waals surface area contributed by atoms with Gasteiger partial charge in [-0.1, -0.05) is 60.7 Å². The molecule has 1 aliphatic rings. The topological polar surface area (TPSA) is 101 Å². The first-order chi connectivity index (χ1) is 16.6. The standard InChI is InChI=1S/C26H21N3O4S/c30-24(31)15-34-14-23-27-22-12-6-5-11-20(22)25(28-23)29-26(32)33-13-21-18-9-3-1-7-16(18)17-8-2-4-10-19(17)21/h1-12,21H,13-15H2,(H,30,31)(H,27,28,29,32). The molecule has 0 radical (unpaired) electrons. The highest BCUT2D eigenvalue weighted by molar-refractivity contribution is 7.99. The van der Waals surface area contributed by atoms with Crippen LogP contribution in [0.3, 0.4) is 0 Å². The zero-order chi connectivity index (χ0) is 23.5. The molecule has 0 spiro atoms. The molecule has 0 aliphatic heterocycles. The Morgan fingerprint density at radius 1 is 0.912 bits per heavy atom. The third kappa shape index (κ3) is 4.45. The number of carbonyl (C=O) groups excluding carboxylic acids is 1. The molecule has 1 aromatic heterocycles. The fraction of sp³-hybridized carbons (Fsp3) is 0.154. The van der Waals surface area contributed by atoms with E-state index >= 15 is 0 Å². The average Bonchev–Trinajstić information content (AvgIpc) is 3.16. The molecule has 2 N–H and O–H groups in total. The lowest BCUT2D eigenvalue weighted by Gasteiger charge is -2.15. The van der Waals surface area contributed by atoms with E-state index in [1.54, 1.807) is 0 Å². The maximum atomic E-state index is 12.8. The Morgan fingerprint density at radius 2 is 1.56 bits per heavy atom. The molecule has 5 rings (SSSR count). The van der Waals surface area contributed by atoms with Crippen LogP contribution in [0.5, 0.6) is 0 Å². The van der Waals surface area contributed by atoms with E-state index in [-0.39, 0.29) is 18.3 Å². The minimum atomic E-state index is -0.900. The number of carboxylic acids is 1. The second-order valence-electron chi connectivity index (χ2n) is 7.84. The predicted octanol–water partition coefficient (Wildman–Crippen LogP) is 5.31. The number of fused-ring (bicyclic) bond motifs is 4. The monoisotopic (exact) mass is 471 g/mol. The lowest BCUT2D eigenvalue weighted by atomic mass is 9.98. The van der Waals surface area contributed by atoms with E-state index in [1.165, 1.54) is 11.8 Å². The van der Waals surface area contributed by atoms with Gasteiger partial charge >= 0.3 is 12.1 Å². The normalized spacial score (nSPS) is 12.2. The van der Waals surface area contributed by atoms with Gasteiger partial charge in [0.15, 0.2) is 0 Å². The maximum absolute atomic E-state index is 12.8. The second-order valence-corrected chi connectivity index (χ2v) is 8.83. The van der Waals surface area contributed by atoms with Crippen LogP contribution in [0.4, 0.5) is 10.6 Å².